The first-order chi connectivity index (χ1) is 4.54. The molecule has 0 heterocycles. The molecule has 0 aromatic carbocycles. The van der Waals surface area contributed by atoms with Crippen LogP contribution < -0.4 is 0 Å². The number of alkyl halides is 2. The first-order valence-corrected chi connectivity index (χ1v) is 5.33. The predicted octanol–water partition coefficient (Wildman–Crippen LogP) is 0.570. The highest BCUT2D eigenvalue weighted by Gasteiger charge is 2.14. The summed E-state index contributed by atoms with van der Waals surface area (Å²) in [5, 5.41) is 0. The van der Waals surface area contributed by atoms with Crippen molar-refractivity contribution in [3.8, 4) is 0 Å². The maximum atomic E-state index is 11.6. The summed E-state index contributed by atoms with van der Waals surface area (Å²) in [5.41, 5.74) is 0. The number of rotatable bonds is 4. The van der Waals surface area contributed by atoms with Gasteiger partial charge in [0.15, 0.2) is 0 Å². The Labute approximate surface area is 68.4 Å². The Bertz CT molecular complexity index is 182. The summed E-state index contributed by atoms with van der Waals surface area (Å²) in [7, 11) is -1.91. The van der Waals surface area contributed by atoms with Crippen LogP contribution in [0.5, 0.6) is 0 Å². The van der Waals surface area contributed by atoms with Crippen molar-refractivity contribution in [2.75, 3.05) is 24.9 Å². The molecule has 0 aliphatic heterocycles. The third-order valence-corrected chi connectivity index (χ3v) is 4.16. The highest BCUT2D eigenvalue weighted by atomic mass is 79.9. The monoisotopic (exact) mass is 233 g/mol. The molecule has 0 N–H and O–H groups in total. The van der Waals surface area contributed by atoms with Gasteiger partial charge in [0.1, 0.15) is 11.3 Å². The quantitative estimate of drug-likeness (QED) is 0.667. The van der Waals surface area contributed by atoms with E-state index in [0.717, 1.165) is 4.31 Å². The molecule has 0 amide bonds. The van der Waals surface area contributed by atoms with E-state index in [0.29, 0.717) is 0 Å². The molecule has 62 valence electrons. The number of hydrogen-bond acceptors (Lipinski definition) is 2. The van der Waals surface area contributed by atoms with Gasteiger partial charge in [0.2, 0.25) is 10.0 Å². The molecule has 0 aromatic heterocycles. The SMILES string of the molecule is CN(CCF)S(=O)(=O)CBr. The zero-order chi connectivity index (χ0) is 8.20. The van der Waals surface area contributed by atoms with Gasteiger partial charge >= 0.3 is 0 Å². The lowest BCUT2D eigenvalue weighted by Crippen LogP contribution is -2.29. The van der Waals surface area contributed by atoms with Crippen LogP contribution in [0.4, 0.5) is 4.39 Å². The first-order valence-electron chi connectivity index (χ1n) is 2.60. The molecule has 0 bridgehead atoms. The second-order valence-corrected chi connectivity index (χ2v) is 5.11. The van der Waals surface area contributed by atoms with Crippen molar-refractivity contribution in [1.29, 1.82) is 0 Å². The van der Waals surface area contributed by atoms with Crippen LogP contribution in [-0.4, -0.2) is 37.7 Å². The van der Waals surface area contributed by atoms with Crippen molar-refractivity contribution in [3.63, 3.8) is 0 Å². The fourth-order valence-electron chi connectivity index (χ4n) is 0.341. The van der Waals surface area contributed by atoms with Crippen LogP contribution in [0, 0.1) is 0 Å². The van der Waals surface area contributed by atoms with Crippen molar-refractivity contribution in [1.82, 2.24) is 4.31 Å². The van der Waals surface area contributed by atoms with Crippen molar-refractivity contribution in [2.45, 2.75) is 0 Å². The van der Waals surface area contributed by atoms with Crippen LogP contribution in [-0.2, 0) is 10.0 Å². The van der Waals surface area contributed by atoms with Gasteiger partial charge in [-0.15, -0.1) is 0 Å². The zero-order valence-electron chi connectivity index (χ0n) is 5.55. The van der Waals surface area contributed by atoms with Crippen molar-refractivity contribution in [2.24, 2.45) is 0 Å². The molecule has 0 aliphatic rings. The van der Waals surface area contributed by atoms with E-state index < -0.39 is 16.7 Å². The molecule has 0 atom stereocenters. The summed E-state index contributed by atoms with van der Waals surface area (Å²) in [6.45, 7) is -0.726. The minimum atomic E-state index is -3.25. The molecule has 0 radical (unpaired) electrons. The Morgan fingerprint density at radius 2 is 2.10 bits per heavy atom. The third-order valence-electron chi connectivity index (χ3n) is 1.01. The van der Waals surface area contributed by atoms with Gasteiger partial charge in [-0.25, -0.2) is 17.1 Å². The van der Waals surface area contributed by atoms with Crippen molar-refractivity contribution in [3.05, 3.63) is 0 Å². The highest BCUT2D eigenvalue weighted by molar-refractivity contribution is 9.10. The standard InChI is InChI=1S/C4H9BrFNO2S/c1-7(3-2-6)10(8,9)4-5/h2-4H2,1H3. The van der Waals surface area contributed by atoms with Crippen LogP contribution in [0.25, 0.3) is 0 Å². The molecule has 0 saturated carbocycles. The number of halogens is 2. The molecule has 6 heteroatoms. The Morgan fingerprint density at radius 1 is 1.60 bits per heavy atom. The fraction of sp³-hybridized carbons (Fsp3) is 1.00. The van der Waals surface area contributed by atoms with Gasteiger partial charge in [-0.1, -0.05) is 15.9 Å². The number of hydrogen-bond donors (Lipinski definition) is 0. The smallest absolute Gasteiger partial charge is 0.223 e. The Kier molecular flexibility index (Phi) is 4.39. The van der Waals surface area contributed by atoms with E-state index in [4.69, 9.17) is 0 Å². The summed E-state index contributed by atoms with van der Waals surface area (Å²) < 4.78 is 34.0. The van der Waals surface area contributed by atoms with Gasteiger partial charge in [0, 0.05) is 13.6 Å². The average molecular weight is 234 g/mol. The number of nitrogens with zero attached hydrogens (tertiary/aromatic N) is 1. The molecule has 0 aromatic rings. The molecule has 3 nitrogen and oxygen atoms in total. The zero-order valence-corrected chi connectivity index (χ0v) is 7.95. The minimum Gasteiger partial charge on any atom is -0.250 e. The summed E-state index contributed by atoms with van der Waals surface area (Å²) in [6.07, 6.45) is 0. The molecule has 10 heavy (non-hydrogen) atoms. The Morgan fingerprint density at radius 3 is 2.40 bits per heavy atom. The van der Waals surface area contributed by atoms with E-state index in [1.807, 2.05) is 0 Å². The first kappa shape index (κ1) is 10.3. The maximum absolute atomic E-state index is 11.6. The third kappa shape index (κ3) is 2.94. The van der Waals surface area contributed by atoms with E-state index in [1.165, 1.54) is 7.05 Å². The molecular weight excluding hydrogens is 225 g/mol. The van der Waals surface area contributed by atoms with E-state index in [2.05, 4.69) is 15.9 Å². The van der Waals surface area contributed by atoms with Gasteiger partial charge in [0.05, 0.1) is 0 Å². The second kappa shape index (κ2) is 4.25. The Hall–Kier alpha value is 0.320. The van der Waals surface area contributed by atoms with E-state index >= 15 is 0 Å². The average Bonchev–Trinajstić information content (AvgIpc) is 1.89. The summed E-state index contributed by atoms with van der Waals surface area (Å²) >= 11 is 2.79. The van der Waals surface area contributed by atoms with Gasteiger partial charge in [-0.05, 0) is 0 Å². The van der Waals surface area contributed by atoms with Gasteiger partial charge in [0.25, 0.3) is 0 Å². The summed E-state index contributed by atoms with van der Waals surface area (Å²) in [5.74, 6) is 0. The molecule has 0 unspecified atom stereocenters. The molecule has 0 spiro atoms. The van der Waals surface area contributed by atoms with Crippen LogP contribution >= 0.6 is 15.9 Å². The normalized spacial score (nSPS) is 12.4. The van der Waals surface area contributed by atoms with Gasteiger partial charge < -0.3 is 0 Å². The minimum absolute atomic E-state index is 0.0755. The lowest BCUT2D eigenvalue weighted by Gasteiger charge is -2.12. The predicted molar refractivity (Wildman–Crippen MR) is 41.3 cm³/mol. The van der Waals surface area contributed by atoms with Gasteiger partial charge in [-0.3, -0.25) is 0 Å². The van der Waals surface area contributed by atoms with Crippen LogP contribution in [0.1, 0.15) is 0 Å². The lowest BCUT2D eigenvalue weighted by atomic mass is 10.7. The van der Waals surface area contributed by atoms with E-state index in [1.54, 1.807) is 0 Å². The van der Waals surface area contributed by atoms with Crippen LogP contribution in [0.15, 0.2) is 0 Å². The summed E-state index contributed by atoms with van der Waals surface area (Å²) in [6, 6.07) is 0. The van der Waals surface area contributed by atoms with Crippen molar-refractivity contribution < 1.29 is 12.8 Å². The van der Waals surface area contributed by atoms with Crippen LogP contribution in [0.3, 0.4) is 0 Å². The highest BCUT2D eigenvalue weighted by Crippen LogP contribution is 2.00. The second-order valence-electron chi connectivity index (χ2n) is 1.73. The summed E-state index contributed by atoms with van der Waals surface area (Å²) in [4.78, 5) is 0. The fourth-order valence-corrected chi connectivity index (χ4v) is 1.90. The molecule has 0 fully saturated rings. The molecule has 0 aliphatic carbocycles. The van der Waals surface area contributed by atoms with Crippen molar-refractivity contribution >= 4 is 26.0 Å². The topological polar surface area (TPSA) is 37.4 Å². The maximum Gasteiger partial charge on any atom is 0.223 e. The Balaban J connectivity index is 4.06. The van der Waals surface area contributed by atoms with Gasteiger partial charge in [-0.2, -0.15) is 0 Å². The number of sulfonamides is 1. The molecule has 0 saturated heterocycles. The van der Waals surface area contributed by atoms with Crippen LogP contribution in [0.2, 0.25) is 0 Å². The lowest BCUT2D eigenvalue weighted by molar-refractivity contribution is 0.396. The van der Waals surface area contributed by atoms with E-state index in [-0.39, 0.29) is 11.2 Å². The molecular formula is C4H9BrFNO2S. The van der Waals surface area contributed by atoms with E-state index in [9.17, 15) is 12.8 Å². The largest absolute Gasteiger partial charge is 0.250 e. The molecule has 0 rings (SSSR count).